The number of rotatable bonds is 3. The minimum atomic E-state index is -3.61. The Morgan fingerprint density at radius 2 is 1.96 bits per heavy atom. The van der Waals surface area contributed by atoms with Gasteiger partial charge in [0.05, 0.1) is 5.69 Å². The molecule has 1 aromatic rings. The number of hydrogen-bond donors (Lipinski definition) is 1. The third-order valence-corrected chi connectivity index (χ3v) is 6.05. The number of sulfonamides is 1. The Kier molecular flexibility index (Phi) is 6.01. The van der Waals surface area contributed by atoms with Crippen LogP contribution in [-0.2, 0) is 10.0 Å². The molecule has 0 unspecified atom stereocenters. The number of nitrogens with one attached hydrogen (secondary N) is 1. The van der Waals surface area contributed by atoms with Crippen LogP contribution < -0.4 is 5.32 Å². The van der Waals surface area contributed by atoms with Gasteiger partial charge >= 0.3 is 0 Å². The number of benzene rings is 1. The van der Waals surface area contributed by atoms with Gasteiger partial charge in [0.1, 0.15) is 4.90 Å². The molecule has 0 bridgehead atoms. The molecule has 0 aliphatic carbocycles. The second-order valence-corrected chi connectivity index (χ2v) is 7.73. The summed E-state index contributed by atoms with van der Waals surface area (Å²) in [6.45, 7) is 2.33. The number of nitrogens with zero attached hydrogens (tertiary/aromatic N) is 4. The molecule has 1 N–H and O–H groups in total. The van der Waals surface area contributed by atoms with Crippen molar-refractivity contribution in [3.05, 3.63) is 24.3 Å². The third-order valence-electron chi connectivity index (χ3n) is 3.52. The lowest BCUT2D eigenvalue weighted by Crippen LogP contribution is -2.47. The van der Waals surface area contributed by atoms with Crippen molar-refractivity contribution in [1.82, 2.24) is 14.5 Å². The summed E-state index contributed by atoms with van der Waals surface area (Å²) in [6, 6.07) is 6.60. The topological polar surface area (TPSA) is 88.8 Å². The number of para-hydroxylation sites is 1. The lowest BCUT2D eigenvalue weighted by molar-refractivity contribution is 0.222. The molecular formula is C14H19N5O2S2. The summed E-state index contributed by atoms with van der Waals surface area (Å²) >= 11 is 1.25. The zero-order valence-corrected chi connectivity index (χ0v) is 14.7. The molecule has 1 aliphatic rings. The van der Waals surface area contributed by atoms with Gasteiger partial charge in [-0.05, 0) is 25.4 Å². The lowest BCUT2D eigenvalue weighted by atomic mass is 10.3. The molecule has 1 aliphatic heterocycles. The van der Waals surface area contributed by atoms with E-state index in [1.54, 1.807) is 36.7 Å². The van der Waals surface area contributed by atoms with E-state index in [0.717, 1.165) is 0 Å². The third kappa shape index (κ3) is 4.23. The van der Waals surface area contributed by atoms with Gasteiger partial charge < -0.3 is 4.90 Å². The number of hydrogen-bond acceptors (Lipinski definition) is 6. The molecular weight excluding hydrogens is 334 g/mol. The monoisotopic (exact) mass is 353 g/mol. The van der Waals surface area contributed by atoms with E-state index >= 15 is 0 Å². The Morgan fingerprint density at radius 3 is 2.57 bits per heavy atom. The Bertz CT molecular complexity index is 719. The highest BCUT2D eigenvalue weighted by Gasteiger charge is 2.29. The van der Waals surface area contributed by atoms with Gasteiger partial charge in [0.2, 0.25) is 10.0 Å². The highest BCUT2D eigenvalue weighted by Crippen LogP contribution is 2.28. The number of amidine groups is 1. The van der Waals surface area contributed by atoms with Gasteiger partial charge in [-0.25, -0.2) is 13.4 Å². The predicted octanol–water partition coefficient (Wildman–Crippen LogP) is 1.04. The van der Waals surface area contributed by atoms with Crippen LogP contribution in [0.3, 0.4) is 0 Å². The highest BCUT2D eigenvalue weighted by molar-refractivity contribution is 8.13. The van der Waals surface area contributed by atoms with Crippen molar-refractivity contribution in [1.29, 1.82) is 5.26 Å². The van der Waals surface area contributed by atoms with E-state index in [1.807, 2.05) is 7.05 Å². The molecule has 1 saturated heterocycles. The molecule has 1 fully saturated rings. The summed E-state index contributed by atoms with van der Waals surface area (Å²) in [6.07, 6.45) is 3.56. The maximum absolute atomic E-state index is 12.9. The second-order valence-electron chi connectivity index (χ2n) is 5.03. The van der Waals surface area contributed by atoms with Gasteiger partial charge in [-0.3, -0.25) is 5.32 Å². The predicted molar refractivity (Wildman–Crippen MR) is 92.1 cm³/mol. The van der Waals surface area contributed by atoms with Crippen molar-refractivity contribution in [2.45, 2.75) is 4.90 Å². The summed E-state index contributed by atoms with van der Waals surface area (Å²) in [4.78, 5) is 6.53. The van der Waals surface area contributed by atoms with Crippen molar-refractivity contribution in [2.75, 3.05) is 39.5 Å². The summed E-state index contributed by atoms with van der Waals surface area (Å²) < 4.78 is 27.3. The summed E-state index contributed by atoms with van der Waals surface area (Å²) in [5, 5.41) is 11.5. The molecule has 0 atom stereocenters. The molecule has 0 spiro atoms. The lowest BCUT2D eigenvalue weighted by Gasteiger charge is -2.31. The summed E-state index contributed by atoms with van der Waals surface area (Å²) in [5.41, 5.74) is 0.332. The summed E-state index contributed by atoms with van der Waals surface area (Å²) in [7, 11) is -1.63. The van der Waals surface area contributed by atoms with E-state index < -0.39 is 10.0 Å². The van der Waals surface area contributed by atoms with Crippen molar-refractivity contribution < 1.29 is 8.42 Å². The largest absolute Gasteiger partial charge is 0.304 e. The van der Waals surface area contributed by atoms with Crippen molar-refractivity contribution >= 4 is 32.6 Å². The van der Waals surface area contributed by atoms with Crippen LogP contribution in [-0.4, -0.2) is 62.3 Å². The van der Waals surface area contributed by atoms with Gasteiger partial charge in [0, 0.05) is 26.2 Å². The first-order chi connectivity index (χ1) is 11.0. The highest BCUT2D eigenvalue weighted by atomic mass is 32.2. The fraction of sp³-hybridized carbons (Fsp3) is 0.429. The van der Waals surface area contributed by atoms with E-state index in [4.69, 9.17) is 5.26 Å². The first-order valence-corrected chi connectivity index (χ1v) is 9.71. The molecule has 2 rings (SSSR count). The Morgan fingerprint density at radius 1 is 1.30 bits per heavy atom. The molecule has 9 heteroatoms. The zero-order chi connectivity index (χ0) is 16.9. The Labute approximate surface area is 141 Å². The van der Waals surface area contributed by atoms with E-state index in [9.17, 15) is 8.42 Å². The smallest absolute Gasteiger partial charge is 0.245 e. The standard InChI is InChI=1S/C14H19N5O2S2/c1-18-7-9-19(10-8-18)23(20,21)13-6-4-3-5-12(13)17-14(22-2)16-11-15/h3-6H,7-10H2,1-2H3,(H,16,17). The fourth-order valence-electron chi connectivity index (χ4n) is 2.22. The van der Waals surface area contributed by atoms with Gasteiger partial charge in [0.25, 0.3) is 0 Å². The minimum Gasteiger partial charge on any atom is -0.304 e. The number of likely N-dealkylation sites (N-methyl/N-ethyl adjacent to an activating group) is 1. The van der Waals surface area contributed by atoms with Crippen LogP contribution in [0.1, 0.15) is 0 Å². The van der Waals surface area contributed by atoms with Crippen LogP contribution in [0.25, 0.3) is 0 Å². The zero-order valence-electron chi connectivity index (χ0n) is 13.1. The van der Waals surface area contributed by atoms with Gasteiger partial charge in [-0.15, -0.1) is 0 Å². The first-order valence-electron chi connectivity index (χ1n) is 7.04. The molecule has 0 aromatic heterocycles. The molecule has 23 heavy (non-hydrogen) atoms. The minimum absolute atomic E-state index is 0.163. The van der Waals surface area contributed by atoms with Crippen LogP contribution in [0.2, 0.25) is 0 Å². The van der Waals surface area contributed by atoms with Crippen LogP contribution in [0, 0.1) is 11.5 Å². The van der Waals surface area contributed by atoms with Crippen LogP contribution in [0.4, 0.5) is 5.69 Å². The Hall–Kier alpha value is -1.60. The van der Waals surface area contributed by atoms with Crippen molar-refractivity contribution in [3.8, 4) is 6.19 Å². The molecule has 7 nitrogen and oxygen atoms in total. The normalized spacial score (nSPS) is 17.7. The van der Waals surface area contributed by atoms with Crippen LogP contribution >= 0.6 is 11.8 Å². The van der Waals surface area contributed by atoms with Crippen molar-refractivity contribution in [3.63, 3.8) is 0 Å². The molecule has 124 valence electrons. The van der Waals surface area contributed by atoms with Gasteiger partial charge in [-0.2, -0.15) is 9.57 Å². The molecule has 0 amide bonds. The van der Waals surface area contributed by atoms with Crippen molar-refractivity contribution in [2.24, 2.45) is 4.99 Å². The van der Waals surface area contributed by atoms with Crippen LogP contribution in [0.5, 0.6) is 0 Å². The molecule has 0 saturated carbocycles. The van der Waals surface area contributed by atoms with Gasteiger partial charge in [0.15, 0.2) is 11.4 Å². The average molecular weight is 353 g/mol. The molecule has 1 heterocycles. The quantitative estimate of drug-likeness (QED) is 0.378. The van der Waals surface area contributed by atoms with E-state index in [2.05, 4.69) is 15.2 Å². The number of nitriles is 1. The molecule has 0 radical (unpaired) electrons. The van der Waals surface area contributed by atoms with E-state index in [-0.39, 0.29) is 4.90 Å². The summed E-state index contributed by atoms with van der Waals surface area (Å²) in [5.74, 6) is 0. The first kappa shape index (κ1) is 17.7. The van der Waals surface area contributed by atoms with Crippen LogP contribution in [0.15, 0.2) is 34.2 Å². The number of thioether (sulfide) groups is 1. The Balaban J connectivity index is 2.38. The maximum Gasteiger partial charge on any atom is 0.245 e. The molecule has 1 aromatic carbocycles. The van der Waals surface area contributed by atoms with Gasteiger partial charge in [-0.1, -0.05) is 23.9 Å². The SMILES string of the molecule is CSC(=Nc1ccccc1S(=O)(=O)N1CCN(C)CC1)NC#N. The fourth-order valence-corrected chi connectivity index (χ4v) is 4.11. The average Bonchev–Trinajstić information content (AvgIpc) is 2.55. The number of aliphatic imine (C=N–C) groups is 1. The van der Waals surface area contributed by atoms with E-state index in [1.165, 1.54) is 16.1 Å². The van der Waals surface area contributed by atoms with E-state index in [0.29, 0.717) is 37.0 Å². The second kappa shape index (κ2) is 7.79. The number of piperazine rings is 1. The maximum atomic E-state index is 12.9.